The first-order valence-electron chi connectivity index (χ1n) is 10.8. The van der Waals surface area contributed by atoms with E-state index in [1.165, 1.54) is 76.7 Å². The number of hydrogen-bond acceptors (Lipinski definition) is 1. The van der Waals surface area contributed by atoms with Crippen LogP contribution in [0.4, 0.5) is 4.39 Å². The maximum Gasteiger partial charge on any atom is 0.141 e. The van der Waals surface area contributed by atoms with Crippen LogP contribution in [0.15, 0.2) is 30.9 Å². The van der Waals surface area contributed by atoms with Crippen molar-refractivity contribution in [1.82, 2.24) is 0 Å². The van der Waals surface area contributed by atoms with E-state index in [0.29, 0.717) is 12.7 Å². The number of benzene rings is 1. The van der Waals surface area contributed by atoms with Crippen molar-refractivity contribution in [2.45, 2.75) is 83.3 Å². The lowest BCUT2D eigenvalue weighted by molar-refractivity contribution is -0.00286. The van der Waals surface area contributed by atoms with Gasteiger partial charge in [-0.1, -0.05) is 43.0 Å². The Morgan fingerprint density at radius 3 is 2.33 bits per heavy atom. The molecule has 0 radical (unpaired) electrons. The molecule has 1 aromatic rings. The summed E-state index contributed by atoms with van der Waals surface area (Å²) in [5.41, 5.74) is 0.957. The minimum Gasteiger partial charge on any atom is -0.374 e. The molecule has 3 rings (SSSR count). The lowest BCUT2D eigenvalue weighted by atomic mass is 9.70. The van der Waals surface area contributed by atoms with Gasteiger partial charge in [-0.2, -0.15) is 0 Å². The van der Waals surface area contributed by atoms with Crippen LogP contribution in [-0.4, -0.2) is 6.10 Å². The van der Waals surface area contributed by atoms with Gasteiger partial charge in [-0.15, -0.1) is 6.58 Å². The van der Waals surface area contributed by atoms with Crippen LogP contribution in [-0.2, 0) is 11.3 Å². The number of allylic oxidation sites excluding steroid dienone is 1. The maximum absolute atomic E-state index is 13.2. The molecule has 0 bridgehead atoms. The summed E-state index contributed by atoms with van der Waals surface area (Å²) in [5, 5.41) is 0.180. The van der Waals surface area contributed by atoms with E-state index >= 15 is 0 Å². The van der Waals surface area contributed by atoms with Gasteiger partial charge in [-0.25, -0.2) is 4.39 Å². The summed E-state index contributed by atoms with van der Waals surface area (Å²) in [6, 6.07) is 4.86. The molecule has 2 fully saturated rings. The molecule has 1 aromatic carbocycles. The number of halogens is 2. The molecule has 0 N–H and O–H groups in total. The van der Waals surface area contributed by atoms with E-state index in [0.717, 1.165) is 23.3 Å². The van der Waals surface area contributed by atoms with E-state index in [1.54, 1.807) is 12.1 Å². The molecule has 0 atom stereocenters. The van der Waals surface area contributed by atoms with E-state index < -0.39 is 0 Å². The van der Waals surface area contributed by atoms with Gasteiger partial charge in [0.25, 0.3) is 0 Å². The SMILES string of the molecule is C=CCCCC1CCC(C2CCC(OCc3ccc(F)c(Cl)c3)CC2)CC1. The molecule has 27 heavy (non-hydrogen) atoms. The van der Waals surface area contributed by atoms with Gasteiger partial charge in [0.05, 0.1) is 17.7 Å². The minimum atomic E-state index is -0.364. The highest BCUT2D eigenvalue weighted by Crippen LogP contribution is 2.41. The molecule has 0 unspecified atom stereocenters. The second kappa shape index (κ2) is 10.6. The molecule has 0 saturated heterocycles. The lowest BCUT2D eigenvalue weighted by Crippen LogP contribution is -2.28. The average Bonchev–Trinajstić information content (AvgIpc) is 2.70. The molecular weight excluding hydrogens is 359 g/mol. The normalized spacial score (nSPS) is 28.8. The predicted octanol–water partition coefficient (Wildman–Crippen LogP) is 7.72. The van der Waals surface area contributed by atoms with Crippen LogP contribution < -0.4 is 0 Å². The summed E-state index contributed by atoms with van der Waals surface area (Å²) < 4.78 is 19.3. The Labute approximate surface area is 169 Å². The van der Waals surface area contributed by atoms with Crippen molar-refractivity contribution in [3.8, 4) is 0 Å². The fourth-order valence-corrected chi connectivity index (χ4v) is 5.27. The minimum absolute atomic E-state index is 0.180. The maximum atomic E-state index is 13.2. The molecule has 1 nitrogen and oxygen atoms in total. The topological polar surface area (TPSA) is 9.23 Å². The number of ether oxygens (including phenoxy) is 1. The quantitative estimate of drug-likeness (QED) is 0.325. The monoisotopic (exact) mass is 392 g/mol. The second-order valence-electron chi connectivity index (χ2n) is 8.60. The second-order valence-corrected chi connectivity index (χ2v) is 9.00. The van der Waals surface area contributed by atoms with Gasteiger partial charge >= 0.3 is 0 Å². The molecule has 3 heteroatoms. The van der Waals surface area contributed by atoms with Crippen molar-refractivity contribution in [1.29, 1.82) is 0 Å². The number of hydrogen-bond donors (Lipinski definition) is 0. The molecule has 0 spiro atoms. The van der Waals surface area contributed by atoms with Crippen LogP contribution in [0.3, 0.4) is 0 Å². The third-order valence-corrected chi connectivity index (χ3v) is 7.06. The van der Waals surface area contributed by atoms with E-state index in [4.69, 9.17) is 16.3 Å². The molecule has 0 heterocycles. The van der Waals surface area contributed by atoms with Gasteiger partial charge in [0.1, 0.15) is 5.82 Å². The molecule has 2 aliphatic carbocycles. The van der Waals surface area contributed by atoms with Crippen LogP contribution in [0.1, 0.15) is 76.2 Å². The summed E-state index contributed by atoms with van der Waals surface area (Å²) in [6.45, 7) is 4.36. The summed E-state index contributed by atoms with van der Waals surface area (Å²) in [4.78, 5) is 0. The first-order chi connectivity index (χ1) is 13.2. The molecule has 0 aliphatic heterocycles. The van der Waals surface area contributed by atoms with Gasteiger partial charge in [0, 0.05) is 0 Å². The van der Waals surface area contributed by atoms with Crippen molar-refractivity contribution in [2.24, 2.45) is 17.8 Å². The highest BCUT2D eigenvalue weighted by molar-refractivity contribution is 6.30. The van der Waals surface area contributed by atoms with Crippen molar-refractivity contribution < 1.29 is 9.13 Å². The van der Waals surface area contributed by atoms with Crippen molar-refractivity contribution in [2.75, 3.05) is 0 Å². The summed E-state index contributed by atoms with van der Waals surface area (Å²) in [5.74, 6) is 2.44. The van der Waals surface area contributed by atoms with Gasteiger partial charge < -0.3 is 4.74 Å². The molecule has 2 saturated carbocycles. The van der Waals surface area contributed by atoms with E-state index in [-0.39, 0.29) is 10.8 Å². The van der Waals surface area contributed by atoms with E-state index in [9.17, 15) is 4.39 Å². The number of rotatable bonds is 8. The molecular formula is C24H34ClFO. The highest BCUT2D eigenvalue weighted by atomic mass is 35.5. The highest BCUT2D eigenvalue weighted by Gasteiger charge is 2.30. The predicted molar refractivity (Wildman–Crippen MR) is 111 cm³/mol. The van der Waals surface area contributed by atoms with Crippen LogP contribution in [0, 0.1) is 23.6 Å². The molecule has 2 aliphatic rings. The zero-order chi connectivity index (χ0) is 19.1. The Morgan fingerprint density at radius 2 is 1.70 bits per heavy atom. The fourth-order valence-electron chi connectivity index (χ4n) is 5.07. The van der Waals surface area contributed by atoms with Crippen LogP contribution in [0.2, 0.25) is 5.02 Å². The van der Waals surface area contributed by atoms with Gasteiger partial charge in [0.15, 0.2) is 0 Å². The third kappa shape index (κ3) is 6.32. The average molecular weight is 393 g/mol. The summed E-state index contributed by atoms with van der Waals surface area (Å²) >= 11 is 5.85. The Hall–Kier alpha value is -0.860. The van der Waals surface area contributed by atoms with E-state index in [2.05, 4.69) is 12.7 Å². The molecule has 0 amide bonds. The Bertz CT molecular complexity index is 586. The van der Waals surface area contributed by atoms with Gasteiger partial charge in [-0.05, 0) is 86.8 Å². The molecule has 150 valence electrons. The first-order valence-corrected chi connectivity index (χ1v) is 11.2. The first kappa shape index (κ1) is 20.9. The van der Waals surface area contributed by atoms with Crippen LogP contribution >= 0.6 is 11.6 Å². The van der Waals surface area contributed by atoms with Gasteiger partial charge in [-0.3, -0.25) is 0 Å². The summed E-state index contributed by atoms with van der Waals surface area (Å²) in [6.07, 6.45) is 17.0. The Kier molecular flexibility index (Phi) is 8.21. The van der Waals surface area contributed by atoms with Crippen molar-refractivity contribution in [3.63, 3.8) is 0 Å². The van der Waals surface area contributed by atoms with Crippen LogP contribution in [0.25, 0.3) is 0 Å². The smallest absolute Gasteiger partial charge is 0.141 e. The Morgan fingerprint density at radius 1 is 1.04 bits per heavy atom. The fraction of sp³-hybridized carbons (Fsp3) is 0.667. The molecule has 0 aromatic heterocycles. The zero-order valence-electron chi connectivity index (χ0n) is 16.5. The third-order valence-electron chi connectivity index (χ3n) is 6.77. The standard InChI is InChI=1S/C24H34ClFO/c1-2-3-4-5-18-6-9-20(10-7-18)21-11-13-22(14-12-21)27-17-19-8-15-24(26)23(25)16-19/h2,8,15-16,18,20-22H,1,3-7,9-14,17H2. The Balaban J connectivity index is 1.34. The number of unbranched alkanes of at least 4 members (excludes halogenated alkanes) is 1. The lowest BCUT2D eigenvalue weighted by Gasteiger charge is -2.38. The van der Waals surface area contributed by atoms with Crippen molar-refractivity contribution >= 4 is 11.6 Å². The summed E-state index contributed by atoms with van der Waals surface area (Å²) in [7, 11) is 0. The zero-order valence-corrected chi connectivity index (χ0v) is 17.2. The van der Waals surface area contributed by atoms with E-state index in [1.807, 2.05) is 0 Å². The van der Waals surface area contributed by atoms with Gasteiger partial charge in [0.2, 0.25) is 0 Å². The largest absolute Gasteiger partial charge is 0.374 e. The van der Waals surface area contributed by atoms with Crippen molar-refractivity contribution in [3.05, 3.63) is 47.3 Å². The van der Waals surface area contributed by atoms with Crippen LogP contribution in [0.5, 0.6) is 0 Å².